The van der Waals surface area contributed by atoms with Gasteiger partial charge in [-0.3, -0.25) is 4.79 Å². The largest absolute Gasteiger partial charge is 0.496 e. The van der Waals surface area contributed by atoms with Gasteiger partial charge in [0.1, 0.15) is 5.75 Å². The molecule has 5 heteroatoms. The smallest absolute Gasteiger partial charge is 0.224 e. The van der Waals surface area contributed by atoms with Crippen molar-refractivity contribution >= 4 is 21.8 Å². The van der Waals surface area contributed by atoms with E-state index in [9.17, 15) is 4.79 Å². The summed E-state index contributed by atoms with van der Waals surface area (Å²) in [4.78, 5) is 12.2. The first-order chi connectivity index (χ1) is 9.61. The van der Waals surface area contributed by atoms with Crippen molar-refractivity contribution in [2.24, 2.45) is 5.92 Å². The van der Waals surface area contributed by atoms with Crippen molar-refractivity contribution < 1.29 is 9.53 Å². The second kappa shape index (κ2) is 7.09. The van der Waals surface area contributed by atoms with E-state index < -0.39 is 0 Å². The Morgan fingerprint density at radius 3 is 2.95 bits per heavy atom. The lowest BCUT2D eigenvalue weighted by Crippen LogP contribution is -2.41. The SMILES string of the molecule is COc1ccc(C(C)NC(=O)[C@H]2CCCNC2)cc1Br. The summed E-state index contributed by atoms with van der Waals surface area (Å²) < 4.78 is 6.11. The van der Waals surface area contributed by atoms with Crippen LogP contribution in [-0.4, -0.2) is 26.1 Å². The van der Waals surface area contributed by atoms with Crippen LogP contribution in [0.15, 0.2) is 22.7 Å². The molecule has 0 saturated carbocycles. The number of ether oxygens (including phenoxy) is 1. The van der Waals surface area contributed by atoms with E-state index in [1.807, 2.05) is 25.1 Å². The Hall–Kier alpha value is -1.07. The third-order valence-corrected chi connectivity index (χ3v) is 4.32. The second-order valence-corrected chi connectivity index (χ2v) is 6.02. The molecule has 0 radical (unpaired) electrons. The topological polar surface area (TPSA) is 50.4 Å². The van der Waals surface area contributed by atoms with Gasteiger partial charge in [-0.25, -0.2) is 0 Å². The van der Waals surface area contributed by atoms with Gasteiger partial charge in [-0.1, -0.05) is 6.07 Å². The highest BCUT2D eigenvalue weighted by Gasteiger charge is 2.22. The molecule has 1 fully saturated rings. The Bertz CT molecular complexity index is 473. The van der Waals surface area contributed by atoms with E-state index in [2.05, 4.69) is 26.6 Å². The van der Waals surface area contributed by atoms with Crippen LogP contribution in [0.1, 0.15) is 31.4 Å². The number of hydrogen-bond donors (Lipinski definition) is 2. The van der Waals surface area contributed by atoms with Gasteiger partial charge in [0.2, 0.25) is 5.91 Å². The average molecular weight is 341 g/mol. The molecule has 0 spiro atoms. The molecule has 1 saturated heterocycles. The molecular weight excluding hydrogens is 320 g/mol. The highest BCUT2D eigenvalue weighted by molar-refractivity contribution is 9.10. The molecule has 1 unspecified atom stereocenters. The van der Waals surface area contributed by atoms with E-state index in [0.717, 1.165) is 41.7 Å². The Labute approximate surface area is 128 Å². The maximum Gasteiger partial charge on any atom is 0.224 e. The van der Waals surface area contributed by atoms with Gasteiger partial charge in [0.05, 0.1) is 23.5 Å². The van der Waals surface area contributed by atoms with Crippen LogP contribution in [0.5, 0.6) is 5.75 Å². The number of amides is 1. The summed E-state index contributed by atoms with van der Waals surface area (Å²) in [5.41, 5.74) is 1.06. The molecule has 2 rings (SSSR count). The quantitative estimate of drug-likeness (QED) is 0.885. The highest BCUT2D eigenvalue weighted by atomic mass is 79.9. The molecule has 0 aromatic heterocycles. The van der Waals surface area contributed by atoms with Gasteiger partial charge in [-0.2, -0.15) is 0 Å². The molecule has 0 aliphatic carbocycles. The zero-order valence-corrected chi connectivity index (χ0v) is 13.5. The predicted molar refractivity (Wildman–Crippen MR) is 82.8 cm³/mol. The van der Waals surface area contributed by atoms with Crippen molar-refractivity contribution in [3.8, 4) is 5.75 Å². The fraction of sp³-hybridized carbons (Fsp3) is 0.533. The van der Waals surface area contributed by atoms with Crippen LogP contribution < -0.4 is 15.4 Å². The van der Waals surface area contributed by atoms with Gasteiger partial charge in [0.25, 0.3) is 0 Å². The van der Waals surface area contributed by atoms with Crippen molar-refractivity contribution in [2.45, 2.75) is 25.8 Å². The van der Waals surface area contributed by atoms with Crippen LogP contribution in [0.25, 0.3) is 0 Å². The van der Waals surface area contributed by atoms with Crippen molar-refractivity contribution in [1.82, 2.24) is 10.6 Å². The molecule has 1 aliphatic rings. The molecule has 1 heterocycles. The molecular formula is C15H21BrN2O2. The third kappa shape index (κ3) is 3.73. The lowest BCUT2D eigenvalue weighted by atomic mass is 9.98. The number of carbonyl (C=O) groups excluding carboxylic acids is 1. The Balaban J connectivity index is 1.98. The third-order valence-electron chi connectivity index (χ3n) is 3.70. The summed E-state index contributed by atoms with van der Waals surface area (Å²) in [6.45, 7) is 3.80. The standard InChI is InChI=1S/C15H21BrN2O2/c1-10(11-5-6-14(20-2)13(16)8-11)18-15(19)12-4-3-7-17-9-12/h5-6,8,10,12,17H,3-4,7,9H2,1-2H3,(H,18,19)/t10?,12-/m0/s1. The lowest BCUT2D eigenvalue weighted by Gasteiger charge is -2.24. The average Bonchev–Trinajstić information content (AvgIpc) is 2.48. The first-order valence-corrected chi connectivity index (χ1v) is 7.75. The van der Waals surface area contributed by atoms with E-state index in [-0.39, 0.29) is 17.9 Å². The molecule has 110 valence electrons. The number of carbonyl (C=O) groups is 1. The molecule has 2 atom stereocenters. The number of piperidine rings is 1. The molecule has 20 heavy (non-hydrogen) atoms. The van der Waals surface area contributed by atoms with Crippen LogP contribution in [0.3, 0.4) is 0 Å². The minimum Gasteiger partial charge on any atom is -0.496 e. The molecule has 1 aliphatic heterocycles. The van der Waals surface area contributed by atoms with Crippen LogP contribution in [0.4, 0.5) is 0 Å². The first kappa shape index (κ1) is 15.3. The Morgan fingerprint density at radius 2 is 2.35 bits per heavy atom. The number of methoxy groups -OCH3 is 1. The van der Waals surface area contributed by atoms with Gasteiger partial charge >= 0.3 is 0 Å². The van der Waals surface area contributed by atoms with E-state index in [1.165, 1.54) is 0 Å². The van der Waals surface area contributed by atoms with E-state index in [0.29, 0.717) is 0 Å². The number of halogens is 1. The van der Waals surface area contributed by atoms with Gasteiger partial charge in [0, 0.05) is 6.54 Å². The van der Waals surface area contributed by atoms with Crippen LogP contribution in [0, 0.1) is 5.92 Å². The normalized spacial score (nSPS) is 20.2. The summed E-state index contributed by atoms with van der Waals surface area (Å²) in [5.74, 6) is 1.02. The maximum absolute atomic E-state index is 12.2. The molecule has 1 aromatic rings. The van der Waals surface area contributed by atoms with E-state index in [1.54, 1.807) is 7.11 Å². The van der Waals surface area contributed by atoms with Crippen molar-refractivity contribution in [3.05, 3.63) is 28.2 Å². The molecule has 1 amide bonds. The molecule has 4 nitrogen and oxygen atoms in total. The lowest BCUT2D eigenvalue weighted by molar-refractivity contribution is -0.126. The van der Waals surface area contributed by atoms with Gasteiger partial charge < -0.3 is 15.4 Å². The molecule has 0 bridgehead atoms. The highest BCUT2D eigenvalue weighted by Crippen LogP contribution is 2.28. The summed E-state index contributed by atoms with van der Waals surface area (Å²) in [5, 5.41) is 6.36. The van der Waals surface area contributed by atoms with Crippen LogP contribution in [-0.2, 0) is 4.79 Å². The van der Waals surface area contributed by atoms with Crippen molar-refractivity contribution in [3.63, 3.8) is 0 Å². The van der Waals surface area contributed by atoms with Crippen molar-refractivity contribution in [1.29, 1.82) is 0 Å². The fourth-order valence-corrected chi connectivity index (χ4v) is 3.00. The zero-order valence-electron chi connectivity index (χ0n) is 11.9. The zero-order chi connectivity index (χ0) is 14.5. The number of hydrogen-bond acceptors (Lipinski definition) is 3. The summed E-state index contributed by atoms with van der Waals surface area (Å²) in [6, 6.07) is 5.87. The first-order valence-electron chi connectivity index (χ1n) is 6.96. The van der Waals surface area contributed by atoms with Crippen LogP contribution in [0.2, 0.25) is 0 Å². The summed E-state index contributed by atoms with van der Waals surface area (Å²) in [7, 11) is 1.64. The molecule has 1 aromatic carbocycles. The number of nitrogens with one attached hydrogen (secondary N) is 2. The van der Waals surface area contributed by atoms with Gasteiger partial charge in [-0.05, 0) is 59.9 Å². The number of benzene rings is 1. The Morgan fingerprint density at radius 1 is 1.55 bits per heavy atom. The minimum absolute atomic E-state index is 0.00775. The van der Waals surface area contributed by atoms with Crippen LogP contribution >= 0.6 is 15.9 Å². The molecule has 2 N–H and O–H groups in total. The summed E-state index contributed by atoms with van der Waals surface area (Å²) >= 11 is 3.47. The van der Waals surface area contributed by atoms with Gasteiger partial charge in [0.15, 0.2) is 0 Å². The number of rotatable bonds is 4. The monoisotopic (exact) mass is 340 g/mol. The van der Waals surface area contributed by atoms with E-state index >= 15 is 0 Å². The summed E-state index contributed by atoms with van der Waals surface area (Å²) in [6.07, 6.45) is 2.04. The fourth-order valence-electron chi connectivity index (χ4n) is 2.44. The predicted octanol–water partition coefficient (Wildman–Crippen LogP) is 2.63. The Kier molecular flexibility index (Phi) is 5.43. The van der Waals surface area contributed by atoms with Gasteiger partial charge in [-0.15, -0.1) is 0 Å². The maximum atomic E-state index is 12.2. The minimum atomic E-state index is -0.00775. The van der Waals surface area contributed by atoms with Crippen molar-refractivity contribution in [2.75, 3.05) is 20.2 Å². The second-order valence-electron chi connectivity index (χ2n) is 5.17. The van der Waals surface area contributed by atoms with E-state index in [4.69, 9.17) is 4.74 Å².